The van der Waals surface area contributed by atoms with Gasteiger partial charge < -0.3 is 10.1 Å². The lowest BCUT2D eigenvalue weighted by molar-refractivity contribution is 0.256. The number of sulfonamides is 1. The van der Waals surface area contributed by atoms with Gasteiger partial charge >= 0.3 is 6.03 Å². The topological polar surface area (TPSA) is 97.4 Å². The van der Waals surface area contributed by atoms with Crippen LogP contribution in [0.15, 0.2) is 24.4 Å². The molecule has 1 heterocycles. The lowest BCUT2D eigenvalue weighted by atomic mass is 9.91. The molecule has 0 spiro atoms. The average molecular weight is 395 g/mol. The Kier molecular flexibility index (Phi) is 6.04. The van der Waals surface area contributed by atoms with Crippen LogP contribution < -0.4 is 14.8 Å². The Balaban J connectivity index is 2.71. The molecule has 2 N–H and O–H groups in total. The molecule has 0 fully saturated rings. The number of benzene rings is 1. The van der Waals surface area contributed by atoms with Gasteiger partial charge in [-0.05, 0) is 41.7 Å². The largest absolute Gasteiger partial charge is 0.481 e. The monoisotopic (exact) mass is 395 g/mol. The van der Waals surface area contributed by atoms with E-state index in [1.165, 1.54) is 19.4 Å². The first-order chi connectivity index (χ1) is 12.5. The molecule has 2 amide bonds. The molecule has 146 valence electrons. The lowest BCUT2D eigenvalue weighted by Crippen LogP contribution is -2.34. The summed E-state index contributed by atoms with van der Waals surface area (Å²) in [7, 11) is -2.29. The zero-order valence-corrected chi connectivity index (χ0v) is 16.6. The molecule has 2 aromatic rings. The van der Waals surface area contributed by atoms with Crippen LogP contribution in [-0.4, -0.2) is 32.8 Å². The third-order valence-electron chi connectivity index (χ3n) is 3.93. The van der Waals surface area contributed by atoms with Gasteiger partial charge in [-0.2, -0.15) is 0 Å². The normalized spacial score (nSPS) is 11.4. The van der Waals surface area contributed by atoms with Gasteiger partial charge in [-0.1, -0.05) is 13.8 Å². The van der Waals surface area contributed by atoms with E-state index in [1.807, 2.05) is 18.6 Å². The number of nitrogens with zero attached hydrogens (tertiary/aromatic N) is 1. The van der Waals surface area contributed by atoms with E-state index < -0.39 is 21.9 Å². The number of rotatable bonds is 5. The summed E-state index contributed by atoms with van der Waals surface area (Å²) in [6.45, 7) is 5.28. The number of nitrogens with one attached hydrogen (secondary N) is 2. The van der Waals surface area contributed by atoms with Crippen molar-refractivity contribution in [2.45, 2.75) is 26.7 Å². The number of carbonyl (C=O) groups is 1. The summed E-state index contributed by atoms with van der Waals surface area (Å²) in [6.07, 6.45) is 2.38. The maximum atomic E-state index is 14.6. The summed E-state index contributed by atoms with van der Waals surface area (Å²) in [6, 6.07) is 3.70. The van der Waals surface area contributed by atoms with Gasteiger partial charge in [0.25, 0.3) is 0 Å². The number of methoxy groups -OCH3 is 1. The molecule has 1 aromatic heterocycles. The molecule has 0 aliphatic heterocycles. The van der Waals surface area contributed by atoms with E-state index in [0.29, 0.717) is 33.8 Å². The highest BCUT2D eigenvalue weighted by Crippen LogP contribution is 2.39. The number of aromatic nitrogens is 1. The predicted molar refractivity (Wildman–Crippen MR) is 102 cm³/mol. The highest BCUT2D eigenvalue weighted by Gasteiger charge is 2.22. The van der Waals surface area contributed by atoms with Crippen molar-refractivity contribution >= 4 is 21.7 Å². The van der Waals surface area contributed by atoms with E-state index in [0.717, 1.165) is 6.26 Å². The van der Waals surface area contributed by atoms with Gasteiger partial charge in [0.05, 0.1) is 19.1 Å². The molecule has 27 heavy (non-hydrogen) atoms. The molecule has 0 atom stereocenters. The Labute approximate surface area is 158 Å². The van der Waals surface area contributed by atoms with Gasteiger partial charge in [0.2, 0.25) is 15.9 Å². The fourth-order valence-electron chi connectivity index (χ4n) is 2.70. The van der Waals surface area contributed by atoms with E-state index >= 15 is 0 Å². The molecule has 0 radical (unpaired) electrons. The fourth-order valence-corrected chi connectivity index (χ4v) is 3.09. The molecule has 7 nitrogen and oxygen atoms in total. The van der Waals surface area contributed by atoms with Crippen molar-refractivity contribution in [3.8, 4) is 17.0 Å². The van der Waals surface area contributed by atoms with Crippen LogP contribution in [0, 0.1) is 12.7 Å². The second-order valence-corrected chi connectivity index (χ2v) is 8.14. The first-order valence-corrected chi connectivity index (χ1v) is 10.0. The summed E-state index contributed by atoms with van der Waals surface area (Å²) in [5.41, 5.74) is 2.19. The van der Waals surface area contributed by atoms with Crippen LogP contribution >= 0.6 is 0 Å². The van der Waals surface area contributed by atoms with E-state index in [1.54, 1.807) is 19.1 Å². The minimum absolute atomic E-state index is 0.129. The fraction of sp³-hybridized carbons (Fsp3) is 0.333. The molecular formula is C18H22FN3O4S. The SMILES string of the molecule is COc1cc(-c2c(C)c(F)cc(C(C)C)c2NC(=O)NS(C)(=O)=O)ccn1. The number of carbonyl (C=O) groups excluding carboxylic acids is 1. The van der Waals surface area contributed by atoms with Gasteiger partial charge in [-0.25, -0.2) is 27.3 Å². The molecule has 0 unspecified atom stereocenters. The zero-order chi connectivity index (χ0) is 20.4. The van der Waals surface area contributed by atoms with Crippen LogP contribution in [0.25, 0.3) is 11.1 Å². The molecule has 0 saturated heterocycles. The van der Waals surface area contributed by atoms with Crippen molar-refractivity contribution in [1.82, 2.24) is 9.71 Å². The molecule has 0 aliphatic carbocycles. The van der Waals surface area contributed by atoms with E-state index in [2.05, 4.69) is 10.3 Å². The van der Waals surface area contributed by atoms with Crippen molar-refractivity contribution in [3.63, 3.8) is 0 Å². The van der Waals surface area contributed by atoms with Crippen LogP contribution in [0.1, 0.15) is 30.9 Å². The number of amides is 2. The van der Waals surface area contributed by atoms with E-state index in [9.17, 15) is 17.6 Å². The van der Waals surface area contributed by atoms with Crippen LogP contribution in [0.5, 0.6) is 5.88 Å². The number of halogens is 1. The summed E-state index contributed by atoms with van der Waals surface area (Å²) >= 11 is 0. The molecule has 0 bridgehead atoms. The number of pyridine rings is 1. The summed E-state index contributed by atoms with van der Waals surface area (Å²) in [4.78, 5) is 16.2. The van der Waals surface area contributed by atoms with Gasteiger partial charge in [-0.3, -0.25) is 0 Å². The van der Waals surface area contributed by atoms with E-state index in [4.69, 9.17) is 4.74 Å². The van der Waals surface area contributed by atoms with Crippen molar-refractivity contribution in [2.75, 3.05) is 18.7 Å². The van der Waals surface area contributed by atoms with Crippen molar-refractivity contribution < 1.29 is 22.3 Å². The second kappa shape index (κ2) is 7.91. The number of hydrogen-bond donors (Lipinski definition) is 2. The minimum Gasteiger partial charge on any atom is -0.481 e. The second-order valence-electron chi connectivity index (χ2n) is 6.39. The highest BCUT2D eigenvalue weighted by atomic mass is 32.2. The van der Waals surface area contributed by atoms with Gasteiger partial charge in [0.1, 0.15) is 5.82 Å². The van der Waals surface area contributed by atoms with Crippen molar-refractivity contribution in [2.24, 2.45) is 0 Å². The third kappa shape index (κ3) is 4.94. The van der Waals surface area contributed by atoms with Gasteiger partial charge in [0.15, 0.2) is 0 Å². The first kappa shape index (κ1) is 20.6. The average Bonchev–Trinajstić information content (AvgIpc) is 2.56. The summed E-state index contributed by atoms with van der Waals surface area (Å²) < 4.78 is 44.3. The van der Waals surface area contributed by atoms with Crippen LogP contribution in [0.2, 0.25) is 0 Å². The minimum atomic E-state index is -3.75. The number of hydrogen-bond acceptors (Lipinski definition) is 5. The third-order valence-corrected chi connectivity index (χ3v) is 4.48. The number of urea groups is 1. The maximum absolute atomic E-state index is 14.6. The molecule has 2 rings (SSSR count). The number of ether oxygens (including phenoxy) is 1. The van der Waals surface area contributed by atoms with Gasteiger partial charge in [0, 0.05) is 17.8 Å². The summed E-state index contributed by atoms with van der Waals surface area (Å²) in [5, 5.41) is 2.56. The molecule has 0 saturated carbocycles. The summed E-state index contributed by atoms with van der Waals surface area (Å²) in [5.74, 6) is -0.233. The zero-order valence-electron chi connectivity index (χ0n) is 15.8. The van der Waals surface area contributed by atoms with Crippen LogP contribution in [0.4, 0.5) is 14.9 Å². The Morgan fingerprint density at radius 3 is 2.52 bits per heavy atom. The Bertz CT molecular complexity index is 975. The highest BCUT2D eigenvalue weighted by molar-refractivity contribution is 7.89. The van der Waals surface area contributed by atoms with Crippen LogP contribution in [-0.2, 0) is 10.0 Å². The van der Waals surface area contributed by atoms with Gasteiger partial charge in [-0.15, -0.1) is 0 Å². The smallest absolute Gasteiger partial charge is 0.332 e. The Morgan fingerprint density at radius 2 is 1.96 bits per heavy atom. The number of anilines is 1. The van der Waals surface area contributed by atoms with Crippen molar-refractivity contribution in [3.05, 3.63) is 41.3 Å². The molecule has 1 aromatic carbocycles. The molecule has 9 heteroatoms. The standard InChI is InChI=1S/C18H22FN3O4S/c1-10(2)13-9-14(19)11(3)16(12-6-7-20-15(8-12)26-4)17(13)21-18(23)22-27(5,24)25/h6-10H,1-5H3,(H2,21,22,23). The molecular weight excluding hydrogens is 373 g/mol. The van der Waals surface area contributed by atoms with Crippen LogP contribution in [0.3, 0.4) is 0 Å². The van der Waals surface area contributed by atoms with Crippen molar-refractivity contribution in [1.29, 1.82) is 0 Å². The predicted octanol–water partition coefficient (Wildman–Crippen LogP) is 3.41. The molecule has 0 aliphatic rings. The maximum Gasteiger partial charge on any atom is 0.332 e. The quantitative estimate of drug-likeness (QED) is 0.809. The Morgan fingerprint density at radius 1 is 1.30 bits per heavy atom. The van der Waals surface area contributed by atoms with E-state index in [-0.39, 0.29) is 5.92 Å². The lowest BCUT2D eigenvalue weighted by Gasteiger charge is -2.21. The Hall–Kier alpha value is -2.68. The first-order valence-electron chi connectivity index (χ1n) is 8.15.